The van der Waals surface area contributed by atoms with Gasteiger partial charge in [0.15, 0.2) is 5.96 Å². The van der Waals surface area contributed by atoms with Crippen molar-refractivity contribution in [3.8, 4) is 5.75 Å². The largest absolute Gasteiger partial charge is 0.496 e. The van der Waals surface area contributed by atoms with Crippen LogP contribution in [0.15, 0.2) is 29.3 Å². The number of hydrogen-bond acceptors (Lipinski definition) is 2. The second-order valence-corrected chi connectivity index (χ2v) is 5.56. The monoisotopic (exact) mass is 275 g/mol. The molecule has 0 radical (unpaired) electrons. The summed E-state index contributed by atoms with van der Waals surface area (Å²) in [5, 5.41) is 6.83. The molecule has 1 aliphatic rings. The van der Waals surface area contributed by atoms with Crippen LogP contribution in [0.5, 0.6) is 5.75 Å². The first-order valence-electron chi connectivity index (χ1n) is 7.25. The van der Waals surface area contributed by atoms with E-state index in [0.29, 0.717) is 12.0 Å². The molecular weight excluding hydrogens is 250 g/mol. The molecule has 3 atom stereocenters. The molecule has 2 N–H and O–H groups in total. The van der Waals surface area contributed by atoms with Crippen LogP contribution in [0.1, 0.15) is 31.7 Å². The van der Waals surface area contributed by atoms with E-state index >= 15 is 0 Å². The van der Waals surface area contributed by atoms with Gasteiger partial charge in [0, 0.05) is 25.6 Å². The molecule has 0 bridgehead atoms. The first-order valence-corrected chi connectivity index (χ1v) is 7.25. The van der Waals surface area contributed by atoms with Crippen molar-refractivity contribution in [2.75, 3.05) is 20.7 Å². The van der Waals surface area contributed by atoms with Gasteiger partial charge in [-0.15, -0.1) is 0 Å². The van der Waals surface area contributed by atoms with Gasteiger partial charge in [-0.2, -0.15) is 0 Å². The van der Waals surface area contributed by atoms with Crippen LogP contribution in [-0.2, 0) is 0 Å². The zero-order chi connectivity index (χ0) is 14.5. The third kappa shape index (κ3) is 3.65. The Morgan fingerprint density at radius 3 is 2.75 bits per heavy atom. The van der Waals surface area contributed by atoms with Crippen molar-refractivity contribution < 1.29 is 4.74 Å². The highest BCUT2D eigenvalue weighted by Crippen LogP contribution is 2.29. The summed E-state index contributed by atoms with van der Waals surface area (Å²) in [6, 6.07) is 8.75. The molecule has 1 saturated carbocycles. The fourth-order valence-electron chi connectivity index (χ4n) is 2.33. The molecule has 4 heteroatoms. The lowest BCUT2D eigenvalue weighted by Gasteiger charge is -2.18. The molecule has 110 valence electrons. The molecule has 20 heavy (non-hydrogen) atoms. The van der Waals surface area contributed by atoms with Crippen molar-refractivity contribution in [3.63, 3.8) is 0 Å². The first kappa shape index (κ1) is 14.7. The van der Waals surface area contributed by atoms with E-state index in [1.807, 2.05) is 25.2 Å². The number of rotatable bonds is 5. The van der Waals surface area contributed by atoms with Crippen LogP contribution >= 0.6 is 0 Å². The smallest absolute Gasteiger partial charge is 0.191 e. The average molecular weight is 275 g/mol. The van der Waals surface area contributed by atoms with Crippen LogP contribution in [-0.4, -0.2) is 32.7 Å². The highest BCUT2D eigenvalue weighted by atomic mass is 16.5. The number of ether oxygens (including phenoxy) is 1. The number of nitrogens with zero attached hydrogens (tertiary/aromatic N) is 1. The number of hydrogen-bond donors (Lipinski definition) is 2. The predicted octanol–water partition coefficient (Wildman–Crippen LogP) is 2.37. The van der Waals surface area contributed by atoms with E-state index in [1.54, 1.807) is 7.11 Å². The Kier molecular flexibility index (Phi) is 4.88. The second-order valence-electron chi connectivity index (χ2n) is 5.56. The quantitative estimate of drug-likeness (QED) is 0.640. The molecule has 1 aliphatic carbocycles. The molecule has 3 unspecified atom stereocenters. The molecule has 2 rings (SSSR count). The highest BCUT2D eigenvalue weighted by Gasteiger charge is 2.33. The molecule has 0 saturated heterocycles. The van der Waals surface area contributed by atoms with Gasteiger partial charge >= 0.3 is 0 Å². The summed E-state index contributed by atoms with van der Waals surface area (Å²) in [5.41, 5.74) is 1.22. The molecule has 4 nitrogen and oxygen atoms in total. The van der Waals surface area contributed by atoms with Crippen LogP contribution in [0, 0.1) is 5.92 Å². The van der Waals surface area contributed by atoms with E-state index in [1.165, 1.54) is 12.0 Å². The number of benzene rings is 1. The normalized spacial score (nSPS) is 23.1. The van der Waals surface area contributed by atoms with Crippen LogP contribution in [0.2, 0.25) is 0 Å². The van der Waals surface area contributed by atoms with Crippen LogP contribution in [0.25, 0.3) is 0 Å². The van der Waals surface area contributed by atoms with Crippen molar-refractivity contribution in [1.29, 1.82) is 0 Å². The number of methoxy groups -OCH3 is 1. The van der Waals surface area contributed by atoms with Gasteiger partial charge in [-0.3, -0.25) is 4.99 Å². The molecule has 0 amide bonds. The van der Waals surface area contributed by atoms with E-state index in [4.69, 9.17) is 4.74 Å². The Balaban J connectivity index is 1.89. The van der Waals surface area contributed by atoms with E-state index < -0.39 is 0 Å². The maximum atomic E-state index is 5.41. The molecule has 1 aromatic rings. The molecule has 0 spiro atoms. The minimum absolute atomic E-state index is 0.362. The predicted molar refractivity (Wildman–Crippen MR) is 83.5 cm³/mol. The lowest BCUT2D eigenvalue weighted by atomic mass is 10.0. The minimum Gasteiger partial charge on any atom is -0.496 e. The van der Waals surface area contributed by atoms with Gasteiger partial charge in [-0.1, -0.05) is 32.0 Å². The van der Waals surface area contributed by atoms with Crippen LogP contribution in [0.4, 0.5) is 0 Å². The number of aliphatic imine (C=N–C) groups is 1. The summed E-state index contributed by atoms with van der Waals surface area (Å²) in [6.45, 7) is 5.28. The van der Waals surface area contributed by atoms with Crippen LogP contribution in [0.3, 0.4) is 0 Å². The summed E-state index contributed by atoms with van der Waals surface area (Å²) < 4.78 is 5.41. The third-order valence-corrected chi connectivity index (χ3v) is 3.90. The number of para-hydroxylation sites is 1. The van der Waals surface area contributed by atoms with Gasteiger partial charge in [0.1, 0.15) is 5.75 Å². The first-order chi connectivity index (χ1) is 9.65. The Morgan fingerprint density at radius 1 is 1.45 bits per heavy atom. The fourth-order valence-corrected chi connectivity index (χ4v) is 2.33. The molecule has 0 heterocycles. The minimum atomic E-state index is 0.362. The fraction of sp³-hybridized carbons (Fsp3) is 0.562. The SMILES string of the molecule is CN=C(NCC(C)c1ccccc1OC)NC1CC1C. The van der Waals surface area contributed by atoms with Crippen molar-refractivity contribution in [2.24, 2.45) is 10.9 Å². The Bertz CT molecular complexity index is 473. The van der Waals surface area contributed by atoms with Gasteiger partial charge in [0.05, 0.1) is 7.11 Å². The number of guanidine groups is 1. The molecular formula is C16H25N3O. The van der Waals surface area contributed by atoms with Crippen molar-refractivity contribution in [2.45, 2.75) is 32.2 Å². The molecule has 1 fully saturated rings. The van der Waals surface area contributed by atoms with E-state index in [9.17, 15) is 0 Å². The summed E-state index contributed by atoms with van der Waals surface area (Å²) in [7, 11) is 3.53. The molecule has 0 aliphatic heterocycles. The van der Waals surface area contributed by atoms with Crippen molar-refractivity contribution in [3.05, 3.63) is 29.8 Å². The van der Waals surface area contributed by atoms with E-state index in [-0.39, 0.29) is 0 Å². The van der Waals surface area contributed by atoms with Crippen molar-refractivity contribution >= 4 is 5.96 Å². The number of nitrogens with one attached hydrogen (secondary N) is 2. The topological polar surface area (TPSA) is 45.7 Å². The lowest BCUT2D eigenvalue weighted by molar-refractivity contribution is 0.406. The highest BCUT2D eigenvalue weighted by molar-refractivity contribution is 5.80. The summed E-state index contributed by atoms with van der Waals surface area (Å²) in [6.07, 6.45) is 1.24. The second kappa shape index (κ2) is 6.64. The maximum Gasteiger partial charge on any atom is 0.191 e. The zero-order valence-electron chi connectivity index (χ0n) is 12.8. The third-order valence-electron chi connectivity index (χ3n) is 3.90. The summed E-state index contributed by atoms with van der Waals surface area (Å²) in [4.78, 5) is 4.27. The van der Waals surface area contributed by atoms with Gasteiger partial charge in [0.2, 0.25) is 0 Å². The van der Waals surface area contributed by atoms with Gasteiger partial charge in [-0.05, 0) is 24.0 Å². The van der Waals surface area contributed by atoms with Gasteiger partial charge in [0.25, 0.3) is 0 Å². The van der Waals surface area contributed by atoms with E-state index in [0.717, 1.165) is 24.2 Å². The average Bonchev–Trinajstić information content (AvgIpc) is 3.18. The standard InChI is InChI=1S/C16H25N3O/c1-11-9-14(11)19-16(17-3)18-10-12(2)13-7-5-6-8-15(13)20-4/h5-8,11-12,14H,9-10H2,1-4H3,(H2,17,18,19). The van der Waals surface area contributed by atoms with Crippen LogP contribution < -0.4 is 15.4 Å². The molecule has 1 aromatic carbocycles. The van der Waals surface area contributed by atoms with E-state index in [2.05, 4.69) is 35.5 Å². The summed E-state index contributed by atoms with van der Waals surface area (Å²) in [5.74, 6) is 2.96. The summed E-state index contributed by atoms with van der Waals surface area (Å²) >= 11 is 0. The van der Waals surface area contributed by atoms with Gasteiger partial charge < -0.3 is 15.4 Å². The Labute approximate surface area is 121 Å². The Morgan fingerprint density at radius 2 is 2.15 bits per heavy atom. The Hall–Kier alpha value is -1.71. The van der Waals surface area contributed by atoms with Gasteiger partial charge in [-0.25, -0.2) is 0 Å². The zero-order valence-corrected chi connectivity index (χ0v) is 12.8. The maximum absolute atomic E-state index is 5.41. The lowest BCUT2D eigenvalue weighted by Crippen LogP contribution is -2.40. The molecule has 0 aromatic heterocycles. The van der Waals surface area contributed by atoms with Crippen molar-refractivity contribution in [1.82, 2.24) is 10.6 Å².